The first-order valence-electron chi connectivity index (χ1n) is 7.36. The van der Waals surface area contributed by atoms with E-state index >= 15 is 0 Å². The van der Waals surface area contributed by atoms with Gasteiger partial charge in [-0.25, -0.2) is 0 Å². The van der Waals surface area contributed by atoms with Crippen LogP contribution in [0.3, 0.4) is 0 Å². The molecule has 0 radical (unpaired) electrons. The minimum atomic E-state index is -1.04. The van der Waals surface area contributed by atoms with Gasteiger partial charge in [0.2, 0.25) is 5.95 Å². The monoisotopic (exact) mass is 326 g/mol. The van der Waals surface area contributed by atoms with E-state index in [2.05, 4.69) is 0 Å². The van der Waals surface area contributed by atoms with Crippen LogP contribution in [0.15, 0.2) is 35.9 Å². The summed E-state index contributed by atoms with van der Waals surface area (Å²) in [5, 5.41) is 9.62. The van der Waals surface area contributed by atoms with E-state index in [0.717, 1.165) is 18.4 Å². The second-order valence-corrected chi connectivity index (χ2v) is 5.76. The van der Waals surface area contributed by atoms with Crippen molar-refractivity contribution in [3.8, 4) is 0 Å². The van der Waals surface area contributed by atoms with Gasteiger partial charge in [-0.1, -0.05) is 43.1 Å². The number of benzene rings is 1. The van der Waals surface area contributed by atoms with E-state index in [1.165, 1.54) is 0 Å². The van der Waals surface area contributed by atoms with Crippen LogP contribution in [-0.4, -0.2) is 34.1 Å². The summed E-state index contributed by atoms with van der Waals surface area (Å²) in [7, 11) is 0. The number of hydrogen-bond donors (Lipinski definition) is 1. The Kier molecular flexibility index (Phi) is 5.66. The molecule has 0 unspecified atom stereocenters. The Balaban J connectivity index is 2.18. The number of carboxylic acid groups (broad SMARTS) is 1. The third-order valence-corrected chi connectivity index (χ3v) is 4.03. The fourth-order valence-corrected chi connectivity index (χ4v) is 2.69. The molecule has 1 N–H and O–H groups in total. The molecule has 0 bridgehead atoms. The van der Waals surface area contributed by atoms with Crippen molar-refractivity contribution in [2.24, 2.45) is 0 Å². The molecule has 1 heterocycles. The van der Waals surface area contributed by atoms with Gasteiger partial charge in [-0.15, -0.1) is 0 Å². The molecular formula is C16H20ClFN2O2. The minimum Gasteiger partial charge on any atom is -0.481 e. The van der Waals surface area contributed by atoms with E-state index in [4.69, 9.17) is 16.7 Å². The lowest BCUT2D eigenvalue weighted by molar-refractivity contribution is -0.136. The zero-order valence-electron chi connectivity index (χ0n) is 12.6. The normalized spacial score (nSPS) is 14.9. The van der Waals surface area contributed by atoms with Crippen molar-refractivity contribution in [3.63, 3.8) is 0 Å². The number of unbranched alkanes of at least 4 members (excludes halogenated alkanes) is 1. The molecule has 0 amide bonds. The number of hydrogen-bond acceptors (Lipinski definition) is 3. The van der Waals surface area contributed by atoms with Gasteiger partial charge in [0, 0.05) is 18.1 Å². The molecule has 1 aliphatic rings. The largest absolute Gasteiger partial charge is 0.481 e. The highest BCUT2D eigenvalue weighted by Crippen LogP contribution is 2.30. The van der Waals surface area contributed by atoms with Gasteiger partial charge in [0.1, 0.15) is 0 Å². The predicted molar refractivity (Wildman–Crippen MR) is 83.9 cm³/mol. The van der Waals surface area contributed by atoms with Gasteiger partial charge in [0.15, 0.2) is 0 Å². The van der Waals surface area contributed by atoms with Crippen LogP contribution in [-0.2, 0) is 11.3 Å². The van der Waals surface area contributed by atoms with Gasteiger partial charge < -0.3 is 14.9 Å². The maximum atomic E-state index is 14.5. The van der Waals surface area contributed by atoms with Crippen LogP contribution < -0.4 is 0 Å². The Morgan fingerprint density at radius 2 is 2.09 bits per heavy atom. The summed E-state index contributed by atoms with van der Waals surface area (Å²) in [5.74, 6) is -1.46. The van der Waals surface area contributed by atoms with E-state index < -0.39 is 11.9 Å². The quantitative estimate of drug-likeness (QED) is 0.773. The number of halogens is 2. The van der Waals surface area contributed by atoms with Gasteiger partial charge in [0.05, 0.1) is 18.8 Å². The standard InChI is InChI=1S/C16H20ClFN2O2/c1-2-3-8-19-11-20(14(16(19)18)9-15(21)22)10-12-6-4-5-7-13(12)17/h4-7H,2-3,8-11H2,1H3,(H,21,22). The summed E-state index contributed by atoms with van der Waals surface area (Å²) in [6.45, 7) is 3.39. The smallest absolute Gasteiger partial charge is 0.309 e. The Hall–Kier alpha value is -1.75. The third-order valence-electron chi connectivity index (χ3n) is 3.66. The van der Waals surface area contributed by atoms with Crippen LogP contribution in [0.25, 0.3) is 0 Å². The molecule has 0 atom stereocenters. The van der Waals surface area contributed by atoms with Crippen molar-refractivity contribution >= 4 is 17.6 Å². The Bertz CT molecular complexity index is 577. The third kappa shape index (κ3) is 3.91. The fraction of sp³-hybridized carbons (Fsp3) is 0.438. The fourth-order valence-electron chi connectivity index (χ4n) is 2.49. The summed E-state index contributed by atoms with van der Waals surface area (Å²) >= 11 is 6.15. The van der Waals surface area contributed by atoms with E-state index in [0.29, 0.717) is 24.8 Å². The topological polar surface area (TPSA) is 43.8 Å². The summed E-state index contributed by atoms with van der Waals surface area (Å²) in [6.07, 6.45) is 1.51. The molecule has 2 rings (SSSR count). The maximum absolute atomic E-state index is 14.5. The van der Waals surface area contributed by atoms with Crippen molar-refractivity contribution in [1.29, 1.82) is 0 Å². The number of nitrogens with zero attached hydrogens (tertiary/aromatic N) is 2. The average Bonchev–Trinajstić information content (AvgIpc) is 2.76. The second-order valence-electron chi connectivity index (χ2n) is 5.36. The van der Waals surface area contributed by atoms with Crippen molar-refractivity contribution in [1.82, 2.24) is 9.80 Å². The van der Waals surface area contributed by atoms with Crippen LogP contribution in [0.2, 0.25) is 5.02 Å². The van der Waals surface area contributed by atoms with Gasteiger partial charge in [-0.05, 0) is 18.1 Å². The van der Waals surface area contributed by atoms with Gasteiger partial charge >= 0.3 is 5.97 Å². The van der Waals surface area contributed by atoms with Crippen LogP contribution >= 0.6 is 11.6 Å². The second kappa shape index (κ2) is 7.49. The predicted octanol–water partition coefficient (Wildman–Crippen LogP) is 3.83. The lowest BCUT2D eigenvalue weighted by atomic mass is 10.2. The first-order chi connectivity index (χ1) is 10.5. The molecule has 0 aliphatic carbocycles. The van der Waals surface area contributed by atoms with Gasteiger partial charge in [-0.3, -0.25) is 4.79 Å². The molecule has 6 heteroatoms. The molecule has 1 aromatic carbocycles. The molecule has 1 aromatic rings. The first kappa shape index (κ1) is 16.6. The van der Waals surface area contributed by atoms with Crippen molar-refractivity contribution < 1.29 is 14.3 Å². The maximum Gasteiger partial charge on any atom is 0.309 e. The molecule has 0 aromatic heterocycles. The molecule has 0 spiro atoms. The molecule has 120 valence electrons. The van der Waals surface area contributed by atoms with E-state index in [-0.39, 0.29) is 12.1 Å². The minimum absolute atomic E-state index is 0.225. The summed E-state index contributed by atoms with van der Waals surface area (Å²) in [6, 6.07) is 7.34. The van der Waals surface area contributed by atoms with Crippen molar-refractivity contribution in [3.05, 3.63) is 46.5 Å². The van der Waals surface area contributed by atoms with Crippen LogP contribution in [0, 0.1) is 0 Å². The molecule has 1 aliphatic heterocycles. The Labute approximate surface area is 134 Å². The lowest BCUT2D eigenvalue weighted by Crippen LogP contribution is -2.28. The van der Waals surface area contributed by atoms with E-state index in [1.54, 1.807) is 15.9 Å². The number of carbonyl (C=O) groups is 1. The molecule has 0 saturated carbocycles. The molecule has 0 fully saturated rings. The van der Waals surface area contributed by atoms with Crippen LogP contribution in [0.4, 0.5) is 4.39 Å². The van der Waals surface area contributed by atoms with Crippen LogP contribution in [0.5, 0.6) is 0 Å². The first-order valence-corrected chi connectivity index (χ1v) is 7.74. The van der Waals surface area contributed by atoms with Crippen molar-refractivity contribution in [2.45, 2.75) is 32.7 Å². The summed E-state index contributed by atoms with van der Waals surface area (Å²) in [5.41, 5.74) is 1.08. The van der Waals surface area contributed by atoms with Crippen LogP contribution in [0.1, 0.15) is 31.7 Å². The van der Waals surface area contributed by atoms with Gasteiger partial charge in [-0.2, -0.15) is 4.39 Å². The Morgan fingerprint density at radius 3 is 2.73 bits per heavy atom. The van der Waals surface area contributed by atoms with Crippen molar-refractivity contribution in [2.75, 3.05) is 13.2 Å². The number of aliphatic carboxylic acids is 1. The average molecular weight is 327 g/mol. The highest BCUT2D eigenvalue weighted by Gasteiger charge is 2.30. The summed E-state index contributed by atoms with van der Waals surface area (Å²) in [4.78, 5) is 14.4. The van der Waals surface area contributed by atoms with E-state index in [1.807, 2.05) is 25.1 Å². The zero-order valence-corrected chi connectivity index (χ0v) is 13.3. The molecule has 4 nitrogen and oxygen atoms in total. The highest BCUT2D eigenvalue weighted by molar-refractivity contribution is 6.31. The lowest BCUT2D eigenvalue weighted by Gasteiger charge is -2.23. The Morgan fingerprint density at radius 1 is 1.36 bits per heavy atom. The molecule has 22 heavy (non-hydrogen) atoms. The SMILES string of the molecule is CCCCN1CN(Cc2ccccc2Cl)C(CC(=O)O)=C1F. The summed E-state index contributed by atoms with van der Waals surface area (Å²) < 4.78 is 14.5. The highest BCUT2D eigenvalue weighted by atomic mass is 35.5. The molecule has 0 saturated heterocycles. The number of rotatable bonds is 7. The van der Waals surface area contributed by atoms with E-state index in [9.17, 15) is 9.18 Å². The zero-order chi connectivity index (χ0) is 16.1. The number of carboxylic acids is 1. The molecular weight excluding hydrogens is 307 g/mol. The van der Waals surface area contributed by atoms with Gasteiger partial charge in [0.25, 0.3) is 0 Å².